The first-order valence-corrected chi connectivity index (χ1v) is 3.68. The number of halogens is 3. The van der Waals surface area contributed by atoms with Gasteiger partial charge >= 0.3 is 24.2 Å². The third-order valence-electron chi connectivity index (χ3n) is 1.13. The fraction of sp³-hybridized carbons (Fsp3) is 0.714. The maximum atomic E-state index is 13.1. The molecular formula is C7H9F3O4. The molecule has 0 amide bonds. The van der Waals surface area contributed by atoms with E-state index in [1.165, 1.54) is 6.92 Å². The summed E-state index contributed by atoms with van der Waals surface area (Å²) in [5.41, 5.74) is 0. The van der Waals surface area contributed by atoms with Gasteiger partial charge in [0.15, 0.2) is 0 Å². The molecule has 82 valence electrons. The zero-order chi connectivity index (χ0) is 11.4. The van der Waals surface area contributed by atoms with Gasteiger partial charge in [-0.2, -0.15) is 4.39 Å². The van der Waals surface area contributed by atoms with E-state index >= 15 is 0 Å². The molecule has 14 heavy (non-hydrogen) atoms. The zero-order valence-corrected chi connectivity index (χ0v) is 7.55. The van der Waals surface area contributed by atoms with Crippen molar-refractivity contribution < 1.29 is 32.2 Å². The van der Waals surface area contributed by atoms with Crippen molar-refractivity contribution in [3.8, 4) is 0 Å². The maximum Gasteiger partial charge on any atom is 0.408 e. The summed E-state index contributed by atoms with van der Waals surface area (Å²) >= 11 is 0. The quantitative estimate of drug-likeness (QED) is 0.656. The topological polar surface area (TPSA) is 52.6 Å². The second kappa shape index (κ2) is 4.83. The van der Waals surface area contributed by atoms with Crippen LogP contribution in [0.4, 0.5) is 13.2 Å². The number of esters is 2. The summed E-state index contributed by atoms with van der Waals surface area (Å²) in [6, 6.07) is 0. The Bertz CT molecular complexity index is 231. The average Bonchev–Trinajstić information content (AvgIpc) is 2.02. The second-order valence-electron chi connectivity index (χ2n) is 2.26. The highest BCUT2D eigenvalue weighted by molar-refractivity contribution is 5.81. The highest BCUT2D eigenvalue weighted by Gasteiger charge is 2.53. The molecule has 0 saturated heterocycles. The average molecular weight is 214 g/mol. The summed E-state index contributed by atoms with van der Waals surface area (Å²) < 4.78 is 44.8. The molecule has 0 heterocycles. The van der Waals surface area contributed by atoms with Crippen molar-refractivity contribution in [2.24, 2.45) is 0 Å². The lowest BCUT2D eigenvalue weighted by molar-refractivity contribution is -0.233. The number of hydrogen-bond acceptors (Lipinski definition) is 4. The predicted octanol–water partition coefficient (Wildman–Crippen LogP) is 1.04. The van der Waals surface area contributed by atoms with Gasteiger partial charge in [0, 0.05) is 6.92 Å². The van der Waals surface area contributed by atoms with E-state index in [2.05, 4.69) is 9.47 Å². The van der Waals surface area contributed by atoms with Gasteiger partial charge in [-0.3, -0.25) is 4.79 Å². The Morgan fingerprint density at radius 3 is 2.21 bits per heavy atom. The van der Waals surface area contributed by atoms with Crippen LogP contribution >= 0.6 is 0 Å². The molecule has 1 unspecified atom stereocenters. The van der Waals surface area contributed by atoms with E-state index in [1.54, 1.807) is 0 Å². The third-order valence-corrected chi connectivity index (χ3v) is 1.13. The molecule has 7 heteroatoms. The fourth-order valence-electron chi connectivity index (χ4n) is 0.614. The lowest BCUT2D eigenvalue weighted by atomic mass is 10.3. The summed E-state index contributed by atoms with van der Waals surface area (Å²) in [5, 5.41) is 0. The zero-order valence-electron chi connectivity index (χ0n) is 7.55. The molecule has 0 aliphatic carbocycles. The third kappa shape index (κ3) is 2.90. The van der Waals surface area contributed by atoms with E-state index < -0.39 is 24.2 Å². The molecule has 0 aromatic rings. The van der Waals surface area contributed by atoms with Crippen LogP contribution in [-0.4, -0.2) is 30.8 Å². The van der Waals surface area contributed by atoms with Crippen LogP contribution in [0.5, 0.6) is 0 Å². The molecule has 0 fully saturated rings. The fourth-order valence-corrected chi connectivity index (χ4v) is 0.614. The van der Waals surface area contributed by atoms with Crippen molar-refractivity contribution in [3.63, 3.8) is 0 Å². The molecular weight excluding hydrogens is 205 g/mol. The second-order valence-corrected chi connectivity index (χ2v) is 2.26. The molecule has 4 nitrogen and oxygen atoms in total. The van der Waals surface area contributed by atoms with Gasteiger partial charge < -0.3 is 9.47 Å². The highest BCUT2D eigenvalue weighted by Crippen LogP contribution is 2.24. The van der Waals surface area contributed by atoms with E-state index in [1.807, 2.05) is 0 Å². The van der Waals surface area contributed by atoms with Gasteiger partial charge in [-0.15, -0.1) is 0 Å². The minimum Gasteiger partial charge on any atom is -0.461 e. The molecule has 0 aliphatic rings. The van der Waals surface area contributed by atoms with E-state index in [0.717, 1.165) is 0 Å². The number of alkyl halides is 3. The van der Waals surface area contributed by atoms with Crippen molar-refractivity contribution in [1.29, 1.82) is 0 Å². The van der Waals surface area contributed by atoms with Crippen molar-refractivity contribution in [2.75, 3.05) is 6.61 Å². The predicted molar refractivity (Wildman–Crippen MR) is 38.2 cm³/mol. The van der Waals surface area contributed by atoms with Crippen LogP contribution in [0.25, 0.3) is 0 Å². The van der Waals surface area contributed by atoms with Crippen molar-refractivity contribution >= 4 is 11.9 Å². The number of carbonyl (C=O) groups excluding carboxylic acids is 2. The standard InChI is InChI=1S/C7H9F3O4/c1-3-13-6(12)7(10,5(8)9)14-4(2)11/h5H,3H2,1-2H3. The molecule has 0 spiro atoms. The van der Waals surface area contributed by atoms with Crippen LogP contribution in [0, 0.1) is 0 Å². The van der Waals surface area contributed by atoms with Gasteiger partial charge in [0.25, 0.3) is 0 Å². The number of rotatable bonds is 4. The minimum absolute atomic E-state index is 0.293. The largest absolute Gasteiger partial charge is 0.461 e. The van der Waals surface area contributed by atoms with E-state index in [-0.39, 0.29) is 6.61 Å². The monoisotopic (exact) mass is 214 g/mol. The summed E-state index contributed by atoms with van der Waals surface area (Å²) in [5.74, 6) is -7.26. The van der Waals surface area contributed by atoms with Gasteiger partial charge in [-0.05, 0) is 6.92 Å². The molecule has 0 aromatic heterocycles. The van der Waals surface area contributed by atoms with E-state index in [4.69, 9.17) is 0 Å². The summed E-state index contributed by atoms with van der Waals surface area (Å²) in [4.78, 5) is 21.0. The molecule has 0 bridgehead atoms. The van der Waals surface area contributed by atoms with Crippen LogP contribution in [0.15, 0.2) is 0 Å². The Balaban J connectivity index is 4.70. The van der Waals surface area contributed by atoms with Crippen LogP contribution in [-0.2, 0) is 19.1 Å². The molecule has 0 rings (SSSR count). The van der Waals surface area contributed by atoms with Crippen LogP contribution in [0.3, 0.4) is 0 Å². The summed E-state index contributed by atoms with van der Waals surface area (Å²) in [6.07, 6.45) is -3.79. The van der Waals surface area contributed by atoms with Gasteiger partial charge in [-0.1, -0.05) is 0 Å². The Morgan fingerprint density at radius 1 is 1.43 bits per heavy atom. The Kier molecular flexibility index (Phi) is 4.39. The molecule has 0 aliphatic heterocycles. The van der Waals surface area contributed by atoms with Crippen LogP contribution < -0.4 is 0 Å². The number of hydrogen-bond donors (Lipinski definition) is 0. The summed E-state index contributed by atoms with van der Waals surface area (Å²) in [6.45, 7) is 1.71. The van der Waals surface area contributed by atoms with Crippen molar-refractivity contribution in [1.82, 2.24) is 0 Å². The van der Waals surface area contributed by atoms with Crippen molar-refractivity contribution in [2.45, 2.75) is 26.1 Å². The van der Waals surface area contributed by atoms with Crippen LogP contribution in [0.1, 0.15) is 13.8 Å². The van der Waals surface area contributed by atoms with E-state index in [0.29, 0.717) is 6.92 Å². The van der Waals surface area contributed by atoms with Gasteiger partial charge in [0.05, 0.1) is 6.61 Å². The maximum absolute atomic E-state index is 13.1. The first-order valence-electron chi connectivity index (χ1n) is 3.68. The molecule has 0 saturated carbocycles. The molecule has 0 radical (unpaired) electrons. The SMILES string of the molecule is CCOC(=O)C(F)(OC(C)=O)C(F)F. The summed E-state index contributed by atoms with van der Waals surface area (Å²) in [7, 11) is 0. The van der Waals surface area contributed by atoms with Gasteiger partial charge in [0.2, 0.25) is 0 Å². The smallest absolute Gasteiger partial charge is 0.408 e. The molecule has 0 aromatic carbocycles. The lowest BCUT2D eigenvalue weighted by Gasteiger charge is -2.21. The van der Waals surface area contributed by atoms with Gasteiger partial charge in [0.1, 0.15) is 0 Å². The van der Waals surface area contributed by atoms with Gasteiger partial charge in [-0.25, -0.2) is 13.6 Å². The molecule has 0 N–H and O–H groups in total. The Hall–Kier alpha value is -1.27. The number of carbonyl (C=O) groups is 2. The first-order chi connectivity index (χ1) is 6.34. The van der Waals surface area contributed by atoms with E-state index in [9.17, 15) is 22.8 Å². The normalized spacial score (nSPS) is 14.7. The first kappa shape index (κ1) is 12.7. The Morgan fingerprint density at radius 2 is 1.93 bits per heavy atom. The highest BCUT2D eigenvalue weighted by atomic mass is 19.3. The van der Waals surface area contributed by atoms with Crippen molar-refractivity contribution in [3.05, 3.63) is 0 Å². The van der Waals surface area contributed by atoms with Crippen LogP contribution in [0.2, 0.25) is 0 Å². The Labute approximate surface area is 78.0 Å². The minimum atomic E-state index is -4.01. The lowest BCUT2D eigenvalue weighted by Crippen LogP contribution is -2.46. The number of ether oxygens (including phenoxy) is 2. The molecule has 1 atom stereocenters.